The highest BCUT2D eigenvalue weighted by Crippen LogP contribution is 2.23. The molecule has 5 nitrogen and oxygen atoms in total. The standard InChI is InChI=1S/C11H10ClN3O2S3/c12-8-5-7(11(13)18)1-2-9(8)20(16,17)15-6-10-14-3-4-19-10/h1-5,15H,6H2,(H2,13,18). The third kappa shape index (κ3) is 3.53. The number of hydrogen-bond acceptors (Lipinski definition) is 5. The van der Waals surface area contributed by atoms with Crippen molar-refractivity contribution in [1.29, 1.82) is 0 Å². The monoisotopic (exact) mass is 347 g/mol. The zero-order valence-corrected chi connectivity index (χ0v) is 13.2. The fraction of sp³-hybridized carbons (Fsp3) is 0.0909. The predicted octanol–water partition coefficient (Wildman–Crippen LogP) is 1.91. The second-order valence-electron chi connectivity index (χ2n) is 3.76. The van der Waals surface area contributed by atoms with Gasteiger partial charge in [0.15, 0.2) is 0 Å². The van der Waals surface area contributed by atoms with Gasteiger partial charge < -0.3 is 5.73 Å². The van der Waals surface area contributed by atoms with E-state index in [1.54, 1.807) is 11.6 Å². The molecule has 0 spiro atoms. The summed E-state index contributed by atoms with van der Waals surface area (Å²) >= 11 is 12.1. The highest BCUT2D eigenvalue weighted by Gasteiger charge is 2.18. The van der Waals surface area contributed by atoms with Gasteiger partial charge in [-0.15, -0.1) is 11.3 Å². The molecule has 1 heterocycles. The summed E-state index contributed by atoms with van der Waals surface area (Å²) in [4.78, 5) is 4.14. The maximum absolute atomic E-state index is 12.1. The van der Waals surface area contributed by atoms with E-state index in [0.717, 1.165) is 0 Å². The third-order valence-electron chi connectivity index (χ3n) is 2.40. The van der Waals surface area contributed by atoms with Crippen LogP contribution in [0.25, 0.3) is 0 Å². The first-order chi connectivity index (χ1) is 9.40. The van der Waals surface area contributed by atoms with Crippen LogP contribution in [0.5, 0.6) is 0 Å². The molecule has 20 heavy (non-hydrogen) atoms. The van der Waals surface area contributed by atoms with Gasteiger partial charge in [-0.1, -0.05) is 29.9 Å². The van der Waals surface area contributed by atoms with E-state index in [-0.39, 0.29) is 21.5 Å². The van der Waals surface area contributed by atoms with E-state index in [1.165, 1.54) is 29.5 Å². The first-order valence-corrected chi connectivity index (χ1v) is 8.52. The fourth-order valence-electron chi connectivity index (χ4n) is 1.45. The van der Waals surface area contributed by atoms with Gasteiger partial charge in [-0.05, 0) is 12.1 Å². The zero-order chi connectivity index (χ0) is 14.8. The molecule has 0 atom stereocenters. The number of nitrogens with one attached hydrogen (secondary N) is 1. The van der Waals surface area contributed by atoms with Crippen molar-refractivity contribution in [2.75, 3.05) is 0 Å². The number of rotatable bonds is 5. The normalized spacial score (nSPS) is 11.4. The Balaban J connectivity index is 2.23. The van der Waals surface area contributed by atoms with Crippen molar-refractivity contribution in [2.24, 2.45) is 5.73 Å². The van der Waals surface area contributed by atoms with Crippen LogP contribution in [0.1, 0.15) is 10.6 Å². The lowest BCUT2D eigenvalue weighted by Crippen LogP contribution is -2.23. The Kier molecular flexibility index (Phi) is 4.71. The largest absolute Gasteiger partial charge is 0.389 e. The minimum atomic E-state index is -3.71. The summed E-state index contributed by atoms with van der Waals surface area (Å²) in [7, 11) is -3.71. The maximum Gasteiger partial charge on any atom is 0.242 e. The van der Waals surface area contributed by atoms with Gasteiger partial charge in [-0.2, -0.15) is 0 Å². The molecule has 0 aliphatic rings. The van der Waals surface area contributed by atoms with Crippen LogP contribution in [0, 0.1) is 0 Å². The molecule has 2 rings (SSSR count). The Morgan fingerprint density at radius 1 is 1.50 bits per heavy atom. The van der Waals surface area contributed by atoms with Crippen molar-refractivity contribution in [2.45, 2.75) is 11.4 Å². The molecule has 0 amide bonds. The molecular formula is C11H10ClN3O2S3. The number of halogens is 1. The van der Waals surface area contributed by atoms with Gasteiger partial charge in [-0.25, -0.2) is 18.1 Å². The number of benzene rings is 1. The van der Waals surface area contributed by atoms with Crippen molar-refractivity contribution < 1.29 is 8.42 Å². The van der Waals surface area contributed by atoms with E-state index in [1.807, 2.05) is 0 Å². The Morgan fingerprint density at radius 2 is 2.25 bits per heavy atom. The molecule has 0 saturated carbocycles. The minimum Gasteiger partial charge on any atom is -0.389 e. The van der Waals surface area contributed by atoms with Gasteiger partial charge in [0.25, 0.3) is 0 Å². The number of thiazole rings is 1. The maximum atomic E-state index is 12.1. The Bertz CT molecular complexity index is 729. The van der Waals surface area contributed by atoms with E-state index in [2.05, 4.69) is 9.71 Å². The molecule has 0 radical (unpaired) electrons. The quantitative estimate of drug-likeness (QED) is 0.807. The van der Waals surface area contributed by atoms with Crippen LogP contribution >= 0.6 is 35.2 Å². The second kappa shape index (κ2) is 6.15. The topological polar surface area (TPSA) is 85.1 Å². The number of sulfonamides is 1. The molecule has 3 N–H and O–H groups in total. The lowest BCUT2D eigenvalue weighted by atomic mass is 10.2. The molecule has 0 fully saturated rings. The number of nitrogens with two attached hydrogens (primary N) is 1. The molecule has 1 aromatic heterocycles. The summed E-state index contributed by atoms with van der Waals surface area (Å²) in [6, 6.07) is 4.33. The van der Waals surface area contributed by atoms with Crippen molar-refractivity contribution in [1.82, 2.24) is 9.71 Å². The number of nitrogens with zero attached hydrogens (tertiary/aromatic N) is 1. The molecule has 9 heteroatoms. The van der Waals surface area contributed by atoms with Crippen LogP contribution in [0.15, 0.2) is 34.7 Å². The minimum absolute atomic E-state index is 0.0178. The van der Waals surface area contributed by atoms with Gasteiger partial charge in [-0.3, -0.25) is 0 Å². The number of aromatic nitrogens is 1. The van der Waals surface area contributed by atoms with Gasteiger partial charge in [0.2, 0.25) is 10.0 Å². The van der Waals surface area contributed by atoms with E-state index in [9.17, 15) is 8.42 Å². The average molecular weight is 348 g/mol. The molecule has 0 unspecified atom stereocenters. The lowest BCUT2D eigenvalue weighted by Gasteiger charge is -2.08. The molecule has 0 aliphatic carbocycles. The third-order valence-corrected chi connectivity index (χ3v) is 5.30. The molecule has 0 bridgehead atoms. The first-order valence-electron chi connectivity index (χ1n) is 5.37. The van der Waals surface area contributed by atoms with Gasteiger partial charge in [0.1, 0.15) is 14.9 Å². The molecular weight excluding hydrogens is 338 g/mol. The summed E-state index contributed by atoms with van der Waals surface area (Å²) < 4.78 is 26.7. The van der Waals surface area contributed by atoms with Gasteiger partial charge in [0.05, 0.1) is 11.6 Å². The second-order valence-corrected chi connectivity index (χ2v) is 7.32. The van der Waals surface area contributed by atoms with Crippen LogP contribution < -0.4 is 10.5 Å². The van der Waals surface area contributed by atoms with E-state index in [0.29, 0.717) is 10.6 Å². The highest BCUT2D eigenvalue weighted by atomic mass is 35.5. The van der Waals surface area contributed by atoms with E-state index < -0.39 is 10.0 Å². The van der Waals surface area contributed by atoms with Crippen LogP contribution in [0.3, 0.4) is 0 Å². The van der Waals surface area contributed by atoms with E-state index in [4.69, 9.17) is 29.6 Å². The molecule has 0 aliphatic heterocycles. The summed E-state index contributed by atoms with van der Waals surface area (Å²) in [5.74, 6) is 0. The Labute approximate surface area is 130 Å². The first kappa shape index (κ1) is 15.3. The number of thiocarbonyl (C=S) groups is 1. The zero-order valence-electron chi connectivity index (χ0n) is 10.0. The smallest absolute Gasteiger partial charge is 0.242 e. The average Bonchev–Trinajstić information content (AvgIpc) is 2.89. The van der Waals surface area contributed by atoms with Crippen molar-refractivity contribution in [3.05, 3.63) is 45.4 Å². The van der Waals surface area contributed by atoms with Crippen LogP contribution in [-0.2, 0) is 16.6 Å². The van der Waals surface area contributed by atoms with Crippen LogP contribution in [0.2, 0.25) is 5.02 Å². The number of hydrogen-bond donors (Lipinski definition) is 2. The molecule has 2 aromatic rings. The lowest BCUT2D eigenvalue weighted by molar-refractivity contribution is 0.581. The van der Waals surface area contributed by atoms with Crippen LogP contribution in [0.4, 0.5) is 0 Å². The summed E-state index contributed by atoms with van der Waals surface area (Å²) in [6.07, 6.45) is 1.61. The van der Waals surface area contributed by atoms with E-state index >= 15 is 0 Å². The van der Waals surface area contributed by atoms with Crippen molar-refractivity contribution in [3.8, 4) is 0 Å². The molecule has 106 valence electrons. The summed E-state index contributed by atoms with van der Waals surface area (Å²) in [6.45, 7) is 0.118. The summed E-state index contributed by atoms with van der Waals surface area (Å²) in [5.41, 5.74) is 5.98. The predicted molar refractivity (Wildman–Crippen MR) is 83.5 cm³/mol. The van der Waals surface area contributed by atoms with Crippen molar-refractivity contribution >= 4 is 50.2 Å². The Hall–Kier alpha value is -1.06. The van der Waals surface area contributed by atoms with Crippen molar-refractivity contribution in [3.63, 3.8) is 0 Å². The highest BCUT2D eigenvalue weighted by molar-refractivity contribution is 7.89. The fourth-order valence-corrected chi connectivity index (χ4v) is 3.75. The van der Waals surface area contributed by atoms with Gasteiger partial charge in [0, 0.05) is 17.1 Å². The summed E-state index contributed by atoms with van der Waals surface area (Å²) in [5, 5.41) is 2.51. The Morgan fingerprint density at radius 3 is 2.80 bits per heavy atom. The SMILES string of the molecule is NC(=S)c1ccc(S(=O)(=O)NCc2nccs2)c(Cl)c1. The van der Waals surface area contributed by atoms with Gasteiger partial charge >= 0.3 is 0 Å². The molecule has 1 aromatic carbocycles. The molecule has 0 saturated heterocycles. The van der Waals surface area contributed by atoms with Crippen LogP contribution in [-0.4, -0.2) is 18.4 Å².